The number of rotatable bonds is 1. The molecule has 1 aromatic heterocycles. The summed E-state index contributed by atoms with van der Waals surface area (Å²) in [7, 11) is 0.0161. The molecule has 8 heavy (non-hydrogen) atoms. The van der Waals surface area contributed by atoms with Crippen molar-refractivity contribution in [1.82, 2.24) is 0 Å². The van der Waals surface area contributed by atoms with Crippen molar-refractivity contribution in [3.8, 4) is 0 Å². The smallest absolute Gasteiger partial charge is 0.191 e. The molecular weight excluding hydrogens is 121 g/mol. The predicted molar refractivity (Wildman–Crippen MR) is 29.6 cm³/mol. The second-order valence-electron chi connectivity index (χ2n) is 1.34. The van der Waals surface area contributed by atoms with Gasteiger partial charge in [-0.15, -0.1) is 4.34 Å². The Morgan fingerprint density at radius 2 is 1.75 bits per heavy atom. The van der Waals surface area contributed by atoms with Gasteiger partial charge in [0, 0.05) is 12.1 Å². The van der Waals surface area contributed by atoms with E-state index in [1.165, 1.54) is 0 Å². The fourth-order valence-electron chi connectivity index (χ4n) is 0.444. The second kappa shape index (κ2) is 2.53. The molecular formula is C5H5NOP+. The van der Waals surface area contributed by atoms with E-state index in [4.69, 9.17) is 0 Å². The molecule has 1 aromatic rings. The summed E-state index contributed by atoms with van der Waals surface area (Å²) in [5, 5.41) is 0. The fraction of sp³-hybridized carbons (Fsp3) is 0. The van der Waals surface area contributed by atoms with E-state index in [0.717, 1.165) is 0 Å². The third kappa shape index (κ3) is 1.11. The molecule has 0 unspecified atom stereocenters. The summed E-state index contributed by atoms with van der Waals surface area (Å²) >= 11 is 0. The van der Waals surface area contributed by atoms with Gasteiger partial charge in [0.2, 0.25) is 0 Å². The van der Waals surface area contributed by atoms with E-state index in [-0.39, 0.29) is 8.61 Å². The Kier molecular flexibility index (Phi) is 1.70. The van der Waals surface area contributed by atoms with Crippen LogP contribution in [0.4, 0.5) is 0 Å². The number of aromatic nitrogens is 1. The topological polar surface area (TPSA) is 20.9 Å². The van der Waals surface area contributed by atoms with E-state index in [2.05, 4.69) is 0 Å². The van der Waals surface area contributed by atoms with Gasteiger partial charge in [-0.05, 0) is 0 Å². The van der Waals surface area contributed by atoms with Gasteiger partial charge in [0.15, 0.2) is 12.4 Å². The zero-order chi connectivity index (χ0) is 5.82. The Labute approximate surface area is 49.0 Å². The van der Waals surface area contributed by atoms with Gasteiger partial charge in [-0.2, -0.15) is 4.57 Å². The summed E-state index contributed by atoms with van der Waals surface area (Å²) in [6.45, 7) is 0. The standard InChI is InChI=1S/C5H5NOP/c7-8-6-4-2-1-3-5-6/h1-5H/q+1. The SMILES string of the molecule is O=P[n+]1ccccc1. The van der Waals surface area contributed by atoms with Gasteiger partial charge in [0.25, 0.3) is 0 Å². The molecule has 2 nitrogen and oxygen atoms in total. The van der Waals surface area contributed by atoms with Crippen molar-refractivity contribution in [2.45, 2.75) is 0 Å². The monoisotopic (exact) mass is 126 g/mol. The molecule has 0 bridgehead atoms. The van der Waals surface area contributed by atoms with Crippen molar-refractivity contribution >= 4 is 8.61 Å². The minimum absolute atomic E-state index is 0.0161. The third-order valence-corrected chi connectivity index (χ3v) is 1.25. The molecule has 0 aliphatic carbocycles. The van der Waals surface area contributed by atoms with E-state index in [1.807, 2.05) is 18.2 Å². The zero-order valence-electron chi connectivity index (χ0n) is 4.19. The molecule has 0 fully saturated rings. The first-order valence-corrected chi connectivity index (χ1v) is 3.00. The number of hydrogen-bond acceptors (Lipinski definition) is 1. The van der Waals surface area contributed by atoms with Crippen LogP contribution in [-0.2, 0) is 4.57 Å². The van der Waals surface area contributed by atoms with Crippen LogP contribution in [0.3, 0.4) is 0 Å². The summed E-state index contributed by atoms with van der Waals surface area (Å²) in [5.41, 5.74) is 0. The van der Waals surface area contributed by atoms with Gasteiger partial charge in [-0.1, -0.05) is 6.07 Å². The van der Waals surface area contributed by atoms with Crippen LogP contribution in [0.25, 0.3) is 0 Å². The van der Waals surface area contributed by atoms with Crippen molar-refractivity contribution < 1.29 is 8.90 Å². The van der Waals surface area contributed by atoms with Gasteiger partial charge in [0.1, 0.15) is 0 Å². The molecule has 0 aliphatic heterocycles. The minimum Gasteiger partial charge on any atom is -0.191 e. The summed E-state index contributed by atoms with van der Waals surface area (Å²) in [4.78, 5) is 0. The van der Waals surface area contributed by atoms with Crippen LogP contribution < -0.4 is 4.34 Å². The lowest BCUT2D eigenvalue weighted by Gasteiger charge is -1.74. The van der Waals surface area contributed by atoms with Crippen molar-refractivity contribution in [2.75, 3.05) is 0 Å². The van der Waals surface area contributed by atoms with E-state index in [1.54, 1.807) is 16.7 Å². The maximum Gasteiger partial charge on any atom is 0.516 e. The van der Waals surface area contributed by atoms with Crippen LogP contribution in [0.15, 0.2) is 30.6 Å². The largest absolute Gasteiger partial charge is 0.516 e. The highest BCUT2D eigenvalue weighted by atomic mass is 31.1. The fourth-order valence-corrected chi connectivity index (χ4v) is 0.707. The molecule has 0 atom stereocenters. The third-order valence-electron chi connectivity index (χ3n) is 0.794. The molecule has 0 saturated carbocycles. The second-order valence-corrected chi connectivity index (χ2v) is 1.96. The summed E-state index contributed by atoms with van der Waals surface area (Å²) in [6, 6.07) is 5.53. The molecule has 3 heteroatoms. The van der Waals surface area contributed by atoms with Crippen LogP contribution in [0.5, 0.6) is 0 Å². The summed E-state index contributed by atoms with van der Waals surface area (Å²) < 4.78 is 11.6. The first-order valence-electron chi connectivity index (χ1n) is 2.23. The Morgan fingerprint density at radius 1 is 1.12 bits per heavy atom. The first-order chi connectivity index (χ1) is 3.93. The van der Waals surface area contributed by atoms with Crippen LogP contribution >= 0.6 is 8.61 Å². The lowest BCUT2D eigenvalue weighted by molar-refractivity contribution is -0.506. The average Bonchev–Trinajstić information content (AvgIpc) is 1.90. The summed E-state index contributed by atoms with van der Waals surface area (Å²) in [6.07, 6.45) is 3.46. The Bertz CT molecular complexity index is 175. The Balaban J connectivity index is 2.99. The van der Waals surface area contributed by atoms with Crippen molar-refractivity contribution in [3.63, 3.8) is 0 Å². The van der Waals surface area contributed by atoms with Crippen molar-refractivity contribution in [2.24, 2.45) is 0 Å². The lowest BCUT2D eigenvalue weighted by Crippen LogP contribution is -2.16. The molecule has 0 radical (unpaired) electrons. The predicted octanol–water partition coefficient (Wildman–Crippen LogP) is 1.03. The van der Waals surface area contributed by atoms with E-state index in [9.17, 15) is 4.57 Å². The van der Waals surface area contributed by atoms with Crippen molar-refractivity contribution in [3.05, 3.63) is 30.6 Å². The first kappa shape index (κ1) is 5.39. The maximum absolute atomic E-state index is 10.1. The van der Waals surface area contributed by atoms with Gasteiger partial charge in [-0.25, -0.2) is 0 Å². The lowest BCUT2D eigenvalue weighted by atomic mass is 10.5. The van der Waals surface area contributed by atoms with Crippen molar-refractivity contribution in [1.29, 1.82) is 0 Å². The van der Waals surface area contributed by atoms with Crippen LogP contribution in [0.2, 0.25) is 0 Å². The van der Waals surface area contributed by atoms with Gasteiger partial charge >= 0.3 is 8.61 Å². The maximum atomic E-state index is 10.1. The van der Waals surface area contributed by atoms with Gasteiger partial charge in [-0.3, -0.25) is 0 Å². The molecule has 40 valence electrons. The highest BCUT2D eigenvalue weighted by Gasteiger charge is 1.90. The van der Waals surface area contributed by atoms with Gasteiger partial charge in [0.05, 0.1) is 0 Å². The molecule has 0 amide bonds. The molecule has 0 saturated heterocycles. The molecule has 0 N–H and O–H groups in total. The normalized spacial score (nSPS) is 9.50. The van der Waals surface area contributed by atoms with E-state index in [0.29, 0.717) is 0 Å². The molecule has 1 rings (SSSR count). The molecule has 1 heterocycles. The minimum atomic E-state index is 0.0161. The highest BCUT2D eigenvalue weighted by Crippen LogP contribution is 1.82. The quantitative estimate of drug-likeness (QED) is 0.515. The Morgan fingerprint density at radius 3 is 2.12 bits per heavy atom. The van der Waals surface area contributed by atoms with Crippen LogP contribution in [0.1, 0.15) is 0 Å². The number of hydrogen-bond donors (Lipinski definition) is 0. The van der Waals surface area contributed by atoms with Crippen LogP contribution in [-0.4, -0.2) is 0 Å². The van der Waals surface area contributed by atoms with Gasteiger partial charge < -0.3 is 0 Å². The molecule has 0 aromatic carbocycles. The number of pyridine rings is 1. The average molecular weight is 126 g/mol. The van der Waals surface area contributed by atoms with E-state index >= 15 is 0 Å². The van der Waals surface area contributed by atoms with Crippen LogP contribution in [0, 0.1) is 0 Å². The number of nitrogens with zero attached hydrogens (tertiary/aromatic N) is 1. The highest BCUT2D eigenvalue weighted by molar-refractivity contribution is 7.15. The summed E-state index contributed by atoms with van der Waals surface area (Å²) in [5.74, 6) is 0. The molecule has 0 aliphatic rings. The molecule has 0 spiro atoms. The Hall–Kier alpha value is -0.750. The zero-order valence-corrected chi connectivity index (χ0v) is 5.08. The van der Waals surface area contributed by atoms with E-state index < -0.39 is 0 Å².